The van der Waals surface area contributed by atoms with E-state index in [-0.39, 0.29) is 16.9 Å². The van der Waals surface area contributed by atoms with Gasteiger partial charge in [0.1, 0.15) is 5.52 Å². The molecular formula is C20H24ClN5OS. The number of fused-ring (bicyclic) bond motifs is 1. The highest BCUT2D eigenvalue weighted by molar-refractivity contribution is 7.99. The highest BCUT2D eigenvalue weighted by atomic mass is 35.5. The number of rotatable bonds is 7. The number of thioether (sulfide) groups is 1. The maximum atomic E-state index is 13.1. The Hall–Kier alpha value is -2.12. The van der Waals surface area contributed by atoms with Crippen molar-refractivity contribution < 1.29 is 0 Å². The van der Waals surface area contributed by atoms with Crippen LogP contribution < -0.4 is 10.9 Å². The van der Waals surface area contributed by atoms with E-state index in [0.29, 0.717) is 29.2 Å². The van der Waals surface area contributed by atoms with Crippen LogP contribution in [0, 0.1) is 6.92 Å². The van der Waals surface area contributed by atoms with Gasteiger partial charge in [0.25, 0.3) is 5.56 Å². The number of nitrogens with zero attached hydrogens (tertiary/aromatic N) is 4. The third kappa shape index (κ3) is 4.31. The zero-order chi connectivity index (χ0) is 20.3. The molecule has 0 bridgehead atoms. The van der Waals surface area contributed by atoms with Crippen LogP contribution in [-0.2, 0) is 6.54 Å². The van der Waals surface area contributed by atoms with E-state index in [1.54, 1.807) is 16.3 Å². The summed E-state index contributed by atoms with van der Waals surface area (Å²) in [6, 6.07) is 8.28. The molecule has 28 heavy (non-hydrogen) atoms. The van der Waals surface area contributed by atoms with E-state index in [1.807, 2.05) is 20.8 Å². The summed E-state index contributed by atoms with van der Waals surface area (Å²) >= 11 is 7.83. The van der Waals surface area contributed by atoms with Gasteiger partial charge in [0.15, 0.2) is 11.5 Å². The van der Waals surface area contributed by atoms with Gasteiger partial charge in [-0.2, -0.15) is 4.98 Å². The lowest BCUT2D eigenvalue weighted by Gasteiger charge is -2.18. The number of aromatic nitrogens is 4. The average molecular weight is 418 g/mol. The molecule has 0 saturated heterocycles. The predicted octanol–water partition coefficient (Wildman–Crippen LogP) is 4.84. The number of aryl methyl sites for hydroxylation is 1. The molecule has 1 N–H and O–H groups in total. The van der Waals surface area contributed by atoms with Gasteiger partial charge in [0.2, 0.25) is 5.28 Å². The van der Waals surface area contributed by atoms with Crippen molar-refractivity contribution in [3.05, 3.63) is 51.2 Å². The summed E-state index contributed by atoms with van der Waals surface area (Å²) in [7, 11) is 0. The fraction of sp³-hybridized carbons (Fsp3) is 0.400. The van der Waals surface area contributed by atoms with Crippen molar-refractivity contribution in [3.8, 4) is 0 Å². The van der Waals surface area contributed by atoms with Crippen molar-refractivity contribution >= 4 is 40.3 Å². The molecule has 8 heteroatoms. The molecule has 0 aliphatic carbocycles. The van der Waals surface area contributed by atoms with E-state index in [4.69, 9.17) is 11.6 Å². The van der Waals surface area contributed by atoms with Crippen LogP contribution in [-0.4, -0.2) is 25.3 Å². The van der Waals surface area contributed by atoms with Crippen molar-refractivity contribution in [2.75, 3.05) is 11.1 Å². The lowest BCUT2D eigenvalue weighted by Crippen LogP contribution is -2.28. The van der Waals surface area contributed by atoms with E-state index >= 15 is 0 Å². The predicted molar refractivity (Wildman–Crippen MR) is 117 cm³/mol. The lowest BCUT2D eigenvalue weighted by atomic mass is 10.2. The number of halogens is 1. The Kier molecular flexibility index (Phi) is 6.57. The van der Waals surface area contributed by atoms with Crippen molar-refractivity contribution in [3.63, 3.8) is 0 Å². The van der Waals surface area contributed by atoms with Gasteiger partial charge in [-0.1, -0.05) is 26.0 Å². The first-order valence-corrected chi connectivity index (χ1v) is 10.7. The van der Waals surface area contributed by atoms with Crippen LogP contribution in [0.5, 0.6) is 0 Å². The van der Waals surface area contributed by atoms with Gasteiger partial charge in [-0.3, -0.25) is 9.36 Å². The molecule has 0 radical (unpaired) electrons. The number of hydrogen-bond acceptors (Lipinski definition) is 6. The minimum atomic E-state index is -0.200. The first-order valence-electron chi connectivity index (χ1n) is 9.36. The second-order valence-electron chi connectivity index (χ2n) is 6.57. The molecule has 0 spiro atoms. The molecule has 2 aromatic heterocycles. The highest BCUT2D eigenvalue weighted by Crippen LogP contribution is 2.21. The molecule has 2 heterocycles. The molecule has 1 atom stereocenters. The lowest BCUT2D eigenvalue weighted by molar-refractivity contribution is 0.526. The van der Waals surface area contributed by atoms with Gasteiger partial charge >= 0.3 is 0 Å². The second kappa shape index (κ2) is 8.92. The Bertz CT molecular complexity index is 1040. The molecule has 6 nitrogen and oxygen atoms in total. The normalized spacial score (nSPS) is 12.3. The molecule has 0 aliphatic heterocycles. The zero-order valence-corrected chi connectivity index (χ0v) is 18.1. The smallest absolute Gasteiger partial charge is 0.295 e. The van der Waals surface area contributed by atoms with Crippen LogP contribution in [0.15, 0.2) is 34.0 Å². The Labute approximate surface area is 173 Å². The van der Waals surface area contributed by atoms with E-state index in [9.17, 15) is 4.79 Å². The zero-order valence-electron chi connectivity index (χ0n) is 16.5. The Balaban J connectivity index is 1.99. The largest absolute Gasteiger partial charge is 0.361 e. The van der Waals surface area contributed by atoms with Gasteiger partial charge in [-0.25, -0.2) is 9.97 Å². The molecule has 0 aliphatic rings. The number of hydrogen-bond donors (Lipinski definition) is 1. The van der Waals surface area contributed by atoms with Crippen LogP contribution in [0.4, 0.5) is 5.82 Å². The molecule has 0 amide bonds. The molecule has 148 valence electrons. The monoisotopic (exact) mass is 417 g/mol. The van der Waals surface area contributed by atoms with E-state index in [2.05, 4.69) is 51.5 Å². The summed E-state index contributed by atoms with van der Waals surface area (Å²) in [6.07, 6.45) is 0.787. The third-order valence-corrected chi connectivity index (χ3v) is 5.67. The molecule has 3 aromatic rings. The van der Waals surface area contributed by atoms with Crippen LogP contribution in [0.1, 0.15) is 44.5 Å². The van der Waals surface area contributed by atoms with Gasteiger partial charge in [-0.05, 0) is 55.3 Å². The summed E-state index contributed by atoms with van der Waals surface area (Å²) in [5.74, 6) is 1.34. The molecule has 3 rings (SSSR count). The van der Waals surface area contributed by atoms with Crippen LogP contribution >= 0.6 is 23.4 Å². The fourth-order valence-electron chi connectivity index (χ4n) is 2.95. The molecule has 1 aromatic carbocycles. The summed E-state index contributed by atoms with van der Waals surface area (Å²) in [6.45, 7) is 8.48. The summed E-state index contributed by atoms with van der Waals surface area (Å²) in [4.78, 5) is 27.3. The van der Waals surface area contributed by atoms with Gasteiger partial charge in [-0.15, -0.1) is 11.8 Å². The molecule has 0 fully saturated rings. The quantitative estimate of drug-likeness (QED) is 0.438. The van der Waals surface area contributed by atoms with Crippen molar-refractivity contribution in [1.29, 1.82) is 0 Å². The van der Waals surface area contributed by atoms with Crippen LogP contribution in [0.2, 0.25) is 5.28 Å². The van der Waals surface area contributed by atoms with Crippen molar-refractivity contribution in [2.45, 2.75) is 51.6 Å². The minimum absolute atomic E-state index is 0.0331. The van der Waals surface area contributed by atoms with E-state index < -0.39 is 0 Å². The van der Waals surface area contributed by atoms with Gasteiger partial charge in [0, 0.05) is 17.5 Å². The molecule has 1 unspecified atom stereocenters. The van der Waals surface area contributed by atoms with Crippen LogP contribution in [0.25, 0.3) is 11.2 Å². The highest BCUT2D eigenvalue weighted by Gasteiger charge is 2.18. The van der Waals surface area contributed by atoms with Gasteiger partial charge < -0.3 is 5.32 Å². The SMILES string of the molecule is CCSc1ccc(CNc2nc3c(C)nc(Cl)nc3n(C(C)CC)c2=O)cc1. The minimum Gasteiger partial charge on any atom is -0.361 e. The molecular weight excluding hydrogens is 394 g/mol. The van der Waals surface area contributed by atoms with Crippen molar-refractivity contribution in [1.82, 2.24) is 19.5 Å². The average Bonchev–Trinajstić information content (AvgIpc) is 2.67. The van der Waals surface area contributed by atoms with Crippen LogP contribution in [0.3, 0.4) is 0 Å². The van der Waals surface area contributed by atoms with Gasteiger partial charge in [0.05, 0.1) is 5.69 Å². The van der Waals surface area contributed by atoms with Crippen molar-refractivity contribution in [2.24, 2.45) is 0 Å². The Morgan fingerprint density at radius 1 is 1.18 bits per heavy atom. The van der Waals surface area contributed by atoms with E-state index in [1.165, 1.54) is 4.90 Å². The number of nitrogens with one attached hydrogen (secondary N) is 1. The third-order valence-electron chi connectivity index (χ3n) is 4.61. The maximum absolute atomic E-state index is 13.1. The molecule has 0 saturated carbocycles. The standard InChI is InChI=1S/C20H24ClN5OS/c1-5-12(3)26-18-16(13(4)23-20(21)25-18)24-17(19(26)27)22-11-14-7-9-15(10-8-14)28-6-2/h7-10,12H,5-6,11H2,1-4H3,(H,22,24). The second-order valence-corrected chi connectivity index (χ2v) is 8.25. The fourth-order valence-corrected chi connectivity index (χ4v) is 3.82. The first-order chi connectivity index (χ1) is 13.4. The van der Waals surface area contributed by atoms with E-state index in [0.717, 1.165) is 17.7 Å². The first kappa shape index (κ1) is 20.6. The summed E-state index contributed by atoms with van der Waals surface area (Å²) in [5, 5.41) is 3.31. The summed E-state index contributed by atoms with van der Waals surface area (Å²) < 4.78 is 1.66. The Morgan fingerprint density at radius 2 is 1.89 bits per heavy atom. The number of benzene rings is 1. The summed E-state index contributed by atoms with van der Waals surface area (Å²) in [5.41, 5.74) is 2.59. The maximum Gasteiger partial charge on any atom is 0.295 e. The topological polar surface area (TPSA) is 72.7 Å². The number of anilines is 1. The Morgan fingerprint density at radius 3 is 2.54 bits per heavy atom.